The lowest BCUT2D eigenvalue weighted by Crippen LogP contribution is -2.31. The zero-order valence-corrected chi connectivity index (χ0v) is 16.0. The highest BCUT2D eigenvalue weighted by atomic mass is 35.5. The second kappa shape index (κ2) is 7.09. The van der Waals surface area contributed by atoms with E-state index in [4.69, 9.17) is 11.6 Å². The molecule has 3 heterocycles. The lowest BCUT2D eigenvalue weighted by atomic mass is 10.1. The molecule has 1 fully saturated rings. The van der Waals surface area contributed by atoms with Gasteiger partial charge in [0.05, 0.1) is 10.4 Å². The second-order valence-corrected chi connectivity index (χ2v) is 7.29. The Kier molecular flexibility index (Phi) is 4.74. The number of fused-ring (bicyclic) bond motifs is 1. The lowest BCUT2D eigenvalue weighted by Gasteiger charge is -2.15. The highest BCUT2D eigenvalue weighted by Gasteiger charge is 2.35. The van der Waals surface area contributed by atoms with Gasteiger partial charge in [0.25, 0.3) is 5.92 Å². The van der Waals surface area contributed by atoms with Crippen molar-refractivity contribution in [2.24, 2.45) is 0 Å². The molecule has 2 aromatic heterocycles. The molecule has 28 heavy (non-hydrogen) atoms. The summed E-state index contributed by atoms with van der Waals surface area (Å²) in [5, 5.41) is 12.3. The van der Waals surface area contributed by atoms with Crippen molar-refractivity contribution in [2.45, 2.75) is 32.2 Å². The van der Waals surface area contributed by atoms with Crippen LogP contribution in [0.4, 0.5) is 8.78 Å². The average Bonchev–Trinajstić information content (AvgIpc) is 3.31. The monoisotopic (exact) mass is 405 g/mol. The third-order valence-corrected chi connectivity index (χ3v) is 5.17. The first-order valence-corrected chi connectivity index (χ1v) is 9.38. The second-order valence-electron chi connectivity index (χ2n) is 6.91. The van der Waals surface area contributed by atoms with Crippen molar-refractivity contribution < 1.29 is 13.6 Å². The summed E-state index contributed by atoms with van der Waals surface area (Å²) in [5.74, 6) is -3.43. The van der Waals surface area contributed by atoms with Crippen molar-refractivity contribution in [3.8, 4) is 11.3 Å². The van der Waals surface area contributed by atoms with E-state index in [1.807, 2.05) is 6.07 Å². The fourth-order valence-electron chi connectivity index (χ4n) is 3.41. The standard InChI is InChI=1S/C19H18ClF2N5O/c1-19(21,22)17-14-15(20)16(12-7-3-2-4-8-12)23-24-18(14)27(25-17)11-13(28)26-9-5-6-10-26/h2-4,7-8H,5-6,9-11H2,1H3. The van der Waals surface area contributed by atoms with Gasteiger partial charge >= 0.3 is 0 Å². The minimum Gasteiger partial charge on any atom is -0.341 e. The van der Waals surface area contributed by atoms with Gasteiger partial charge in [0, 0.05) is 25.6 Å². The molecule has 0 atom stereocenters. The van der Waals surface area contributed by atoms with Crippen molar-refractivity contribution in [2.75, 3.05) is 13.1 Å². The summed E-state index contributed by atoms with van der Waals surface area (Å²) in [6.07, 6.45) is 1.88. The van der Waals surface area contributed by atoms with E-state index in [1.54, 1.807) is 29.2 Å². The van der Waals surface area contributed by atoms with Crippen LogP contribution < -0.4 is 0 Å². The van der Waals surface area contributed by atoms with Gasteiger partial charge in [-0.05, 0) is 12.8 Å². The number of nitrogens with zero attached hydrogens (tertiary/aromatic N) is 5. The molecular formula is C19H18ClF2N5O. The number of alkyl halides is 2. The Morgan fingerprint density at radius 2 is 1.86 bits per heavy atom. The van der Waals surface area contributed by atoms with Crippen molar-refractivity contribution >= 4 is 28.5 Å². The molecule has 0 spiro atoms. The maximum Gasteiger partial charge on any atom is 0.289 e. The largest absolute Gasteiger partial charge is 0.341 e. The van der Waals surface area contributed by atoms with Crippen molar-refractivity contribution in [3.05, 3.63) is 41.0 Å². The van der Waals surface area contributed by atoms with Crippen LogP contribution >= 0.6 is 11.6 Å². The molecule has 0 unspecified atom stereocenters. The van der Waals surface area contributed by atoms with E-state index in [0.29, 0.717) is 24.3 Å². The van der Waals surface area contributed by atoms with Gasteiger partial charge in [-0.2, -0.15) is 13.9 Å². The lowest BCUT2D eigenvalue weighted by molar-refractivity contribution is -0.130. The molecule has 0 radical (unpaired) electrons. The molecule has 0 N–H and O–H groups in total. The molecule has 4 rings (SSSR count). The predicted octanol–water partition coefficient (Wildman–Crippen LogP) is 3.88. The third-order valence-electron chi connectivity index (χ3n) is 4.80. The Hall–Kier alpha value is -2.61. The van der Waals surface area contributed by atoms with Gasteiger partial charge in [-0.25, -0.2) is 4.68 Å². The maximum atomic E-state index is 14.3. The molecule has 1 aliphatic rings. The van der Waals surface area contributed by atoms with Gasteiger partial charge in [0.1, 0.15) is 17.9 Å². The summed E-state index contributed by atoms with van der Waals surface area (Å²) >= 11 is 6.48. The Morgan fingerprint density at radius 3 is 2.50 bits per heavy atom. The van der Waals surface area contributed by atoms with Crippen LogP contribution in [0.25, 0.3) is 22.3 Å². The molecule has 9 heteroatoms. The SMILES string of the molecule is CC(F)(F)c1nn(CC(=O)N2CCCC2)c2nnc(-c3ccccc3)c(Cl)c12. The van der Waals surface area contributed by atoms with Gasteiger partial charge in [-0.1, -0.05) is 41.9 Å². The van der Waals surface area contributed by atoms with Crippen LogP contribution in [-0.4, -0.2) is 43.9 Å². The number of hydrogen-bond donors (Lipinski definition) is 0. The van der Waals surface area contributed by atoms with Crippen LogP contribution in [0.1, 0.15) is 25.5 Å². The van der Waals surface area contributed by atoms with Gasteiger partial charge in [-0.15, -0.1) is 10.2 Å². The highest BCUT2D eigenvalue weighted by Crippen LogP contribution is 2.38. The number of carbonyl (C=O) groups is 1. The van der Waals surface area contributed by atoms with Crippen LogP contribution in [0.3, 0.4) is 0 Å². The fourth-order valence-corrected chi connectivity index (χ4v) is 3.73. The number of rotatable bonds is 4. The Balaban J connectivity index is 1.84. The Morgan fingerprint density at radius 1 is 1.18 bits per heavy atom. The van der Waals surface area contributed by atoms with E-state index in [0.717, 1.165) is 19.8 Å². The molecule has 1 aliphatic heterocycles. The van der Waals surface area contributed by atoms with E-state index < -0.39 is 11.6 Å². The first kappa shape index (κ1) is 18.7. The summed E-state index contributed by atoms with van der Waals surface area (Å²) in [5.41, 5.74) is 0.529. The van der Waals surface area contributed by atoms with E-state index in [9.17, 15) is 13.6 Å². The summed E-state index contributed by atoms with van der Waals surface area (Å²) in [6.45, 7) is 1.90. The van der Waals surface area contributed by atoms with Gasteiger partial charge in [-0.3, -0.25) is 4.79 Å². The molecule has 1 amide bonds. The minimum atomic E-state index is -3.25. The molecule has 1 aromatic carbocycles. The zero-order valence-electron chi connectivity index (χ0n) is 15.2. The summed E-state index contributed by atoms with van der Waals surface area (Å²) < 4.78 is 29.7. The Bertz CT molecular complexity index is 1030. The van der Waals surface area contributed by atoms with Crippen LogP contribution in [0.15, 0.2) is 30.3 Å². The van der Waals surface area contributed by atoms with Gasteiger partial charge < -0.3 is 4.90 Å². The molecule has 146 valence electrons. The third kappa shape index (κ3) is 3.32. The number of carbonyl (C=O) groups excluding carboxylic acids is 1. The van der Waals surface area contributed by atoms with Gasteiger partial charge in [0.15, 0.2) is 5.65 Å². The molecule has 3 aromatic rings. The van der Waals surface area contributed by atoms with Crippen molar-refractivity contribution in [1.82, 2.24) is 24.9 Å². The van der Waals surface area contributed by atoms with Crippen LogP contribution in [-0.2, 0) is 17.3 Å². The number of aromatic nitrogens is 4. The first-order chi connectivity index (χ1) is 13.4. The normalized spacial score (nSPS) is 14.8. The number of halogens is 3. The summed E-state index contributed by atoms with van der Waals surface area (Å²) in [4.78, 5) is 14.2. The van der Waals surface area contributed by atoms with E-state index in [1.165, 1.54) is 4.68 Å². The van der Waals surface area contributed by atoms with Crippen LogP contribution in [0.5, 0.6) is 0 Å². The van der Waals surface area contributed by atoms with E-state index >= 15 is 0 Å². The quantitative estimate of drug-likeness (QED) is 0.660. The highest BCUT2D eigenvalue weighted by molar-refractivity contribution is 6.37. The summed E-state index contributed by atoms with van der Waals surface area (Å²) in [7, 11) is 0. The topological polar surface area (TPSA) is 63.9 Å². The van der Waals surface area contributed by atoms with E-state index in [-0.39, 0.29) is 28.5 Å². The number of amides is 1. The number of hydrogen-bond acceptors (Lipinski definition) is 4. The molecule has 6 nitrogen and oxygen atoms in total. The molecule has 0 bridgehead atoms. The first-order valence-electron chi connectivity index (χ1n) is 9.00. The zero-order chi connectivity index (χ0) is 19.9. The summed E-state index contributed by atoms with van der Waals surface area (Å²) in [6, 6.07) is 8.96. The molecular weight excluding hydrogens is 388 g/mol. The van der Waals surface area contributed by atoms with Crippen LogP contribution in [0, 0.1) is 0 Å². The van der Waals surface area contributed by atoms with E-state index in [2.05, 4.69) is 15.3 Å². The Labute approximate surface area is 165 Å². The maximum absolute atomic E-state index is 14.3. The molecule has 1 saturated heterocycles. The number of benzene rings is 1. The minimum absolute atomic E-state index is 0.0252. The van der Waals surface area contributed by atoms with Crippen molar-refractivity contribution in [3.63, 3.8) is 0 Å². The molecule has 0 saturated carbocycles. The number of likely N-dealkylation sites (tertiary alicyclic amines) is 1. The van der Waals surface area contributed by atoms with Crippen molar-refractivity contribution in [1.29, 1.82) is 0 Å². The molecule has 0 aliphatic carbocycles. The van der Waals surface area contributed by atoms with Crippen LogP contribution in [0.2, 0.25) is 5.02 Å². The average molecular weight is 406 g/mol. The van der Waals surface area contributed by atoms with Gasteiger partial charge in [0.2, 0.25) is 5.91 Å². The predicted molar refractivity (Wildman–Crippen MR) is 101 cm³/mol. The smallest absolute Gasteiger partial charge is 0.289 e. The fraction of sp³-hybridized carbons (Fsp3) is 0.368.